The van der Waals surface area contributed by atoms with E-state index in [2.05, 4.69) is 5.32 Å². The summed E-state index contributed by atoms with van der Waals surface area (Å²) in [6, 6.07) is 0. The number of carboxylic acid groups (broad SMARTS) is 1. The maximum Gasteiger partial charge on any atom is 0.357 e. The first-order chi connectivity index (χ1) is 12.2. The third-order valence-electron chi connectivity index (χ3n) is 4.53. The van der Waals surface area contributed by atoms with E-state index in [1.165, 1.54) is 6.92 Å². The summed E-state index contributed by atoms with van der Waals surface area (Å²) < 4.78 is 5.51. The van der Waals surface area contributed by atoms with Crippen LogP contribution in [0.4, 0.5) is 0 Å². The second-order valence-corrected chi connectivity index (χ2v) is 8.00. The van der Waals surface area contributed by atoms with Crippen molar-refractivity contribution in [1.29, 1.82) is 0 Å². The number of aliphatic hydroxyl groups excluding tert-OH is 4. The summed E-state index contributed by atoms with van der Waals surface area (Å²) in [5.41, 5.74) is -3.33. The van der Waals surface area contributed by atoms with Crippen molar-refractivity contribution in [2.75, 3.05) is 6.61 Å². The predicted molar refractivity (Wildman–Crippen MR) is 91.3 cm³/mol. The first-order valence-electron chi connectivity index (χ1n) is 8.63. The number of hydrogen-bond acceptors (Lipinski definition) is 8. The standard InChI is InChI=1S/C17H29NO9/c1-8(20)5-9-10(21)6-17(15(25)26,18-14(24)16(2,3)4)27-13(9)12(23)11(22)7-19/h9-13,19,21-23H,5-7H2,1-4H3,(H,18,24)(H,25,26). The number of ketones is 1. The van der Waals surface area contributed by atoms with Crippen molar-refractivity contribution in [2.45, 2.75) is 70.7 Å². The van der Waals surface area contributed by atoms with E-state index in [1.807, 2.05) is 0 Å². The molecule has 10 nitrogen and oxygen atoms in total. The van der Waals surface area contributed by atoms with Crippen molar-refractivity contribution in [1.82, 2.24) is 5.32 Å². The molecule has 6 atom stereocenters. The highest BCUT2D eigenvalue weighted by Crippen LogP contribution is 2.36. The van der Waals surface area contributed by atoms with Gasteiger partial charge in [0.25, 0.3) is 0 Å². The van der Waals surface area contributed by atoms with Gasteiger partial charge in [0.1, 0.15) is 18.0 Å². The van der Waals surface area contributed by atoms with Gasteiger partial charge in [-0.05, 0) is 6.92 Å². The molecule has 156 valence electrons. The van der Waals surface area contributed by atoms with Crippen LogP contribution in [0.25, 0.3) is 0 Å². The normalized spacial score (nSPS) is 31.0. The molecule has 1 saturated heterocycles. The lowest BCUT2D eigenvalue weighted by Gasteiger charge is -2.47. The van der Waals surface area contributed by atoms with Crippen LogP contribution in [0.15, 0.2) is 0 Å². The first-order valence-corrected chi connectivity index (χ1v) is 8.63. The number of ether oxygens (including phenoxy) is 1. The molecule has 1 heterocycles. The van der Waals surface area contributed by atoms with E-state index >= 15 is 0 Å². The van der Waals surface area contributed by atoms with E-state index in [4.69, 9.17) is 9.84 Å². The number of rotatable bonds is 7. The maximum absolute atomic E-state index is 12.3. The minimum absolute atomic E-state index is 0.246. The molecule has 0 bridgehead atoms. The minimum Gasteiger partial charge on any atom is -0.478 e. The molecule has 10 heteroatoms. The average molecular weight is 391 g/mol. The minimum atomic E-state index is -2.36. The molecule has 0 aliphatic carbocycles. The molecule has 1 aliphatic heterocycles. The summed E-state index contributed by atoms with van der Waals surface area (Å²) >= 11 is 0. The summed E-state index contributed by atoms with van der Waals surface area (Å²) in [4.78, 5) is 35.8. The van der Waals surface area contributed by atoms with Crippen molar-refractivity contribution in [3.63, 3.8) is 0 Å². The number of aliphatic hydroxyl groups is 4. The number of nitrogens with one attached hydrogen (secondary N) is 1. The number of carbonyl (C=O) groups excluding carboxylic acids is 2. The Bertz CT molecular complexity index is 573. The van der Waals surface area contributed by atoms with E-state index in [1.54, 1.807) is 20.8 Å². The summed E-state index contributed by atoms with van der Waals surface area (Å²) in [7, 11) is 0. The van der Waals surface area contributed by atoms with Gasteiger partial charge in [0.15, 0.2) is 0 Å². The largest absolute Gasteiger partial charge is 0.478 e. The average Bonchev–Trinajstić information content (AvgIpc) is 2.54. The molecule has 0 saturated carbocycles. The zero-order chi connectivity index (χ0) is 21.2. The van der Waals surface area contributed by atoms with E-state index in [0.717, 1.165) is 0 Å². The van der Waals surface area contributed by atoms with Gasteiger partial charge in [-0.15, -0.1) is 0 Å². The number of carboxylic acids is 1. The molecule has 1 fully saturated rings. The summed E-state index contributed by atoms with van der Waals surface area (Å²) in [6.45, 7) is 5.06. The van der Waals surface area contributed by atoms with Crippen molar-refractivity contribution in [3.8, 4) is 0 Å². The Labute approximate surface area is 157 Å². The molecule has 6 N–H and O–H groups in total. The Balaban J connectivity index is 3.31. The fraction of sp³-hybridized carbons (Fsp3) is 0.824. The van der Waals surface area contributed by atoms with E-state index in [9.17, 15) is 34.8 Å². The number of amides is 1. The second kappa shape index (κ2) is 8.61. The van der Waals surface area contributed by atoms with Gasteiger partial charge >= 0.3 is 5.97 Å². The van der Waals surface area contributed by atoms with Gasteiger partial charge in [-0.1, -0.05) is 20.8 Å². The fourth-order valence-corrected chi connectivity index (χ4v) is 2.91. The van der Waals surface area contributed by atoms with Crippen LogP contribution >= 0.6 is 0 Å². The van der Waals surface area contributed by atoms with Gasteiger partial charge in [0.2, 0.25) is 11.6 Å². The number of carbonyl (C=O) groups is 3. The Morgan fingerprint density at radius 2 is 1.81 bits per heavy atom. The van der Waals surface area contributed by atoms with Crippen molar-refractivity contribution < 1.29 is 44.7 Å². The lowest BCUT2D eigenvalue weighted by molar-refractivity contribution is -0.248. The monoisotopic (exact) mass is 391 g/mol. The van der Waals surface area contributed by atoms with Crippen molar-refractivity contribution in [3.05, 3.63) is 0 Å². The first kappa shape index (κ1) is 23.4. The quantitative estimate of drug-likeness (QED) is 0.298. The van der Waals surface area contributed by atoms with E-state index in [-0.39, 0.29) is 12.2 Å². The third-order valence-corrected chi connectivity index (χ3v) is 4.53. The van der Waals surface area contributed by atoms with E-state index in [0.29, 0.717) is 0 Å². The highest BCUT2D eigenvalue weighted by atomic mass is 16.6. The lowest BCUT2D eigenvalue weighted by Crippen LogP contribution is -2.68. The third kappa shape index (κ3) is 5.45. The van der Waals surface area contributed by atoms with Gasteiger partial charge in [0, 0.05) is 24.2 Å². The predicted octanol–water partition coefficient (Wildman–Crippen LogP) is -1.61. The molecular formula is C17H29NO9. The lowest BCUT2D eigenvalue weighted by atomic mass is 9.79. The molecule has 27 heavy (non-hydrogen) atoms. The molecule has 1 aliphatic rings. The number of hydrogen-bond donors (Lipinski definition) is 6. The number of aliphatic carboxylic acids is 1. The van der Waals surface area contributed by atoms with Crippen LogP contribution in [0, 0.1) is 11.3 Å². The summed E-state index contributed by atoms with van der Waals surface area (Å²) in [5, 5.41) is 51.5. The zero-order valence-corrected chi connectivity index (χ0v) is 15.9. The Hall–Kier alpha value is -1.59. The van der Waals surface area contributed by atoms with Crippen molar-refractivity contribution in [2.24, 2.45) is 11.3 Å². The van der Waals surface area contributed by atoms with Crippen LogP contribution in [-0.4, -0.2) is 79.9 Å². The van der Waals surface area contributed by atoms with Crippen LogP contribution < -0.4 is 5.32 Å². The second-order valence-electron chi connectivity index (χ2n) is 8.00. The molecule has 0 aromatic heterocycles. The molecule has 1 rings (SSSR count). The van der Waals surface area contributed by atoms with Gasteiger partial charge in [-0.2, -0.15) is 0 Å². The fourth-order valence-electron chi connectivity index (χ4n) is 2.91. The summed E-state index contributed by atoms with van der Waals surface area (Å²) in [6.07, 6.45) is -7.23. The van der Waals surface area contributed by atoms with Crippen LogP contribution in [0.3, 0.4) is 0 Å². The smallest absolute Gasteiger partial charge is 0.357 e. The Kier molecular flexibility index (Phi) is 7.48. The molecule has 0 spiro atoms. The molecular weight excluding hydrogens is 362 g/mol. The maximum atomic E-state index is 12.3. The van der Waals surface area contributed by atoms with Gasteiger partial charge < -0.3 is 40.4 Å². The molecule has 0 aromatic rings. The topological polar surface area (TPSA) is 174 Å². The highest BCUT2D eigenvalue weighted by molar-refractivity contribution is 5.88. The van der Waals surface area contributed by atoms with Gasteiger partial charge in [-0.3, -0.25) is 4.79 Å². The molecule has 0 radical (unpaired) electrons. The van der Waals surface area contributed by atoms with E-state index < -0.39 is 66.4 Å². The van der Waals surface area contributed by atoms with Crippen LogP contribution in [0.2, 0.25) is 0 Å². The van der Waals surface area contributed by atoms with Crippen molar-refractivity contribution >= 4 is 17.7 Å². The van der Waals surface area contributed by atoms with Crippen LogP contribution in [0.5, 0.6) is 0 Å². The highest BCUT2D eigenvalue weighted by Gasteiger charge is 2.55. The van der Waals surface area contributed by atoms with Crippen LogP contribution in [0.1, 0.15) is 40.5 Å². The molecule has 6 unspecified atom stereocenters. The van der Waals surface area contributed by atoms with Crippen LogP contribution in [-0.2, 0) is 19.1 Å². The Morgan fingerprint density at radius 3 is 2.22 bits per heavy atom. The SMILES string of the molecule is CC(=O)CC1C(O)CC(NC(=O)C(C)(C)C)(C(=O)O)OC1C(O)C(O)CO. The van der Waals surface area contributed by atoms with Gasteiger partial charge in [-0.25, -0.2) is 4.79 Å². The summed E-state index contributed by atoms with van der Waals surface area (Å²) in [5.74, 6) is -3.65. The Morgan fingerprint density at radius 1 is 1.26 bits per heavy atom. The molecule has 0 aromatic carbocycles. The zero-order valence-electron chi connectivity index (χ0n) is 15.9. The molecule has 1 amide bonds. The number of Topliss-reactive ketones (excluding diaryl/α,β-unsaturated/α-hetero) is 1. The van der Waals surface area contributed by atoms with Gasteiger partial charge in [0.05, 0.1) is 18.8 Å².